The Labute approximate surface area is 99.9 Å². The molecule has 0 atom stereocenters. The van der Waals surface area contributed by atoms with E-state index in [1.807, 2.05) is 0 Å². The summed E-state index contributed by atoms with van der Waals surface area (Å²) < 4.78 is 10.9. The van der Waals surface area contributed by atoms with Crippen molar-refractivity contribution >= 4 is 0 Å². The van der Waals surface area contributed by atoms with E-state index in [0.717, 1.165) is 51.7 Å². The second-order valence-corrected chi connectivity index (χ2v) is 4.99. The van der Waals surface area contributed by atoms with Crippen molar-refractivity contribution in [3.8, 4) is 0 Å². The van der Waals surface area contributed by atoms with Crippen molar-refractivity contribution in [2.45, 2.75) is 45.6 Å². The van der Waals surface area contributed by atoms with E-state index in [0.29, 0.717) is 6.04 Å². The zero-order valence-electron chi connectivity index (χ0n) is 10.8. The summed E-state index contributed by atoms with van der Waals surface area (Å²) in [6.45, 7) is 9.06. The summed E-state index contributed by atoms with van der Waals surface area (Å²) in [4.78, 5) is 0. The molecule has 1 aliphatic heterocycles. The predicted molar refractivity (Wildman–Crippen MR) is 66.7 cm³/mol. The van der Waals surface area contributed by atoms with Crippen molar-refractivity contribution in [2.24, 2.45) is 5.92 Å². The third-order valence-electron chi connectivity index (χ3n) is 2.97. The standard InChI is InChI=1S/C13H27NO2/c1-12(2)4-3-8-15-11-7-14-13-5-9-16-10-6-13/h12-14H,3-11H2,1-2H3. The summed E-state index contributed by atoms with van der Waals surface area (Å²) in [5.74, 6) is 0.795. The van der Waals surface area contributed by atoms with Crippen LogP contribution in [-0.2, 0) is 9.47 Å². The molecule has 1 N–H and O–H groups in total. The fourth-order valence-electron chi connectivity index (χ4n) is 1.93. The van der Waals surface area contributed by atoms with Gasteiger partial charge >= 0.3 is 0 Å². The molecule has 3 nitrogen and oxygen atoms in total. The number of ether oxygens (including phenoxy) is 2. The topological polar surface area (TPSA) is 30.5 Å². The molecule has 0 unspecified atom stereocenters. The van der Waals surface area contributed by atoms with E-state index in [-0.39, 0.29) is 0 Å². The van der Waals surface area contributed by atoms with Crippen LogP contribution >= 0.6 is 0 Å². The van der Waals surface area contributed by atoms with Crippen molar-refractivity contribution in [1.29, 1.82) is 0 Å². The minimum atomic E-state index is 0.646. The fraction of sp³-hybridized carbons (Fsp3) is 1.00. The Hall–Kier alpha value is -0.120. The normalized spacial score (nSPS) is 18.2. The summed E-state index contributed by atoms with van der Waals surface area (Å²) in [6, 6.07) is 0.646. The average molecular weight is 229 g/mol. The number of hydrogen-bond donors (Lipinski definition) is 1. The lowest BCUT2D eigenvalue weighted by atomic mass is 10.1. The lowest BCUT2D eigenvalue weighted by molar-refractivity contribution is 0.0725. The zero-order valence-corrected chi connectivity index (χ0v) is 10.8. The van der Waals surface area contributed by atoms with Crippen molar-refractivity contribution in [3.05, 3.63) is 0 Å². The maximum absolute atomic E-state index is 5.58. The summed E-state index contributed by atoms with van der Waals surface area (Å²) in [7, 11) is 0. The maximum atomic E-state index is 5.58. The molecule has 1 aliphatic rings. The minimum absolute atomic E-state index is 0.646. The Bertz CT molecular complexity index is 156. The van der Waals surface area contributed by atoms with Crippen molar-refractivity contribution in [2.75, 3.05) is 33.0 Å². The molecule has 0 aromatic heterocycles. The SMILES string of the molecule is CC(C)CCCOCCNC1CCOCC1. The summed E-state index contributed by atoms with van der Waals surface area (Å²) in [6.07, 6.45) is 4.75. The molecule has 0 saturated carbocycles. The van der Waals surface area contributed by atoms with Gasteiger partial charge in [-0.25, -0.2) is 0 Å². The monoisotopic (exact) mass is 229 g/mol. The van der Waals surface area contributed by atoms with Crippen LogP contribution < -0.4 is 5.32 Å². The van der Waals surface area contributed by atoms with Gasteiger partial charge in [-0.15, -0.1) is 0 Å². The van der Waals surface area contributed by atoms with Crippen LogP contribution in [0.3, 0.4) is 0 Å². The molecule has 0 aromatic rings. The van der Waals surface area contributed by atoms with Crippen LogP contribution in [0, 0.1) is 5.92 Å². The molecule has 0 spiro atoms. The van der Waals surface area contributed by atoms with Gasteiger partial charge in [0.2, 0.25) is 0 Å². The van der Waals surface area contributed by atoms with Gasteiger partial charge < -0.3 is 14.8 Å². The number of nitrogens with one attached hydrogen (secondary N) is 1. The lowest BCUT2D eigenvalue weighted by Crippen LogP contribution is -2.36. The van der Waals surface area contributed by atoms with E-state index >= 15 is 0 Å². The Balaban J connectivity index is 1.80. The van der Waals surface area contributed by atoms with Crippen LogP contribution in [0.1, 0.15) is 39.5 Å². The van der Waals surface area contributed by atoms with E-state index in [4.69, 9.17) is 9.47 Å². The fourth-order valence-corrected chi connectivity index (χ4v) is 1.93. The van der Waals surface area contributed by atoms with Crippen molar-refractivity contribution < 1.29 is 9.47 Å². The third kappa shape index (κ3) is 7.20. The lowest BCUT2D eigenvalue weighted by Gasteiger charge is -2.23. The van der Waals surface area contributed by atoms with Crippen LogP contribution in [0.5, 0.6) is 0 Å². The van der Waals surface area contributed by atoms with Crippen LogP contribution in [0.25, 0.3) is 0 Å². The highest BCUT2D eigenvalue weighted by molar-refractivity contribution is 4.69. The highest BCUT2D eigenvalue weighted by Crippen LogP contribution is 2.05. The molecule has 1 rings (SSSR count). The third-order valence-corrected chi connectivity index (χ3v) is 2.97. The number of hydrogen-bond acceptors (Lipinski definition) is 3. The Morgan fingerprint density at radius 3 is 2.69 bits per heavy atom. The van der Waals surface area contributed by atoms with Gasteiger partial charge in [-0.1, -0.05) is 13.8 Å². The van der Waals surface area contributed by atoms with E-state index in [1.54, 1.807) is 0 Å². The Morgan fingerprint density at radius 1 is 1.25 bits per heavy atom. The van der Waals surface area contributed by atoms with Crippen molar-refractivity contribution in [1.82, 2.24) is 5.32 Å². The Kier molecular flexibility index (Phi) is 7.81. The van der Waals surface area contributed by atoms with Crippen molar-refractivity contribution in [3.63, 3.8) is 0 Å². The summed E-state index contributed by atoms with van der Waals surface area (Å²) in [5, 5.41) is 3.52. The smallest absolute Gasteiger partial charge is 0.0591 e. The first kappa shape index (κ1) is 13.9. The highest BCUT2D eigenvalue weighted by Gasteiger charge is 2.11. The predicted octanol–water partition coefficient (Wildman–Crippen LogP) is 2.21. The largest absolute Gasteiger partial charge is 0.381 e. The molecule has 3 heteroatoms. The van der Waals surface area contributed by atoms with Crippen LogP contribution in [0.4, 0.5) is 0 Å². The molecule has 0 aromatic carbocycles. The first-order valence-corrected chi connectivity index (χ1v) is 6.68. The minimum Gasteiger partial charge on any atom is -0.381 e. The van der Waals surface area contributed by atoms with Crippen LogP contribution in [0.15, 0.2) is 0 Å². The van der Waals surface area contributed by atoms with Gasteiger partial charge in [0.25, 0.3) is 0 Å². The molecule has 0 aliphatic carbocycles. The molecular formula is C13H27NO2. The first-order valence-electron chi connectivity index (χ1n) is 6.68. The molecule has 1 saturated heterocycles. The highest BCUT2D eigenvalue weighted by atomic mass is 16.5. The van der Waals surface area contributed by atoms with Gasteiger partial charge in [0, 0.05) is 32.4 Å². The molecule has 0 amide bonds. The molecule has 96 valence electrons. The molecule has 16 heavy (non-hydrogen) atoms. The van der Waals surface area contributed by atoms with E-state index in [1.165, 1.54) is 12.8 Å². The molecule has 0 bridgehead atoms. The second-order valence-electron chi connectivity index (χ2n) is 4.99. The van der Waals surface area contributed by atoms with Crippen LogP contribution in [0.2, 0.25) is 0 Å². The van der Waals surface area contributed by atoms with E-state index < -0.39 is 0 Å². The second kappa shape index (κ2) is 8.97. The number of rotatable bonds is 8. The van der Waals surface area contributed by atoms with Gasteiger partial charge in [-0.05, 0) is 31.6 Å². The molecule has 1 fully saturated rings. The maximum Gasteiger partial charge on any atom is 0.0591 e. The van der Waals surface area contributed by atoms with E-state index in [9.17, 15) is 0 Å². The molecular weight excluding hydrogens is 202 g/mol. The van der Waals surface area contributed by atoms with Gasteiger partial charge in [0.15, 0.2) is 0 Å². The summed E-state index contributed by atoms with van der Waals surface area (Å²) in [5.41, 5.74) is 0. The van der Waals surface area contributed by atoms with Gasteiger partial charge in [0.1, 0.15) is 0 Å². The Morgan fingerprint density at radius 2 is 2.00 bits per heavy atom. The van der Waals surface area contributed by atoms with Gasteiger partial charge in [0.05, 0.1) is 6.61 Å². The summed E-state index contributed by atoms with van der Waals surface area (Å²) >= 11 is 0. The molecule has 1 heterocycles. The van der Waals surface area contributed by atoms with E-state index in [2.05, 4.69) is 19.2 Å². The quantitative estimate of drug-likeness (QED) is 0.647. The zero-order chi connectivity index (χ0) is 11.6. The van der Waals surface area contributed by atoms with Crippen LogP contribution in [-0.4, -0.2) is 39.0 Å². The molecule has 0 radical (unpaired) electrons. The first-order chi connectivity index (χ1) is 7.79. The van der Waals surface area contributed by atoms with Gasteiger partial charge in [-0.2, -0.15) is 0 Å². The average Bonchev–Trinajstić information content (AvgIpc) is 2.29. The van der Waals surface area contributed by atoms with Gasteiger partial charge in [-0.3, -0.25) is 0 Å².